The van der Waals surface area contributed by atoms with E-state index in [1.807, 2.05) is 23.1 Å². The van der Waals surface area contributed by atoms with Gasteiger partial charge in [0.1, 0.15) is 0 Å². The molecule has 0 saturated heterocycles. The molecule has 2 aromatic rings. The number of hydrogen-bond donors (Lipinski definition) is 2. The zero-order chi connectivity index (χ0) is 13.5. The molecule has 3 heterocycles. The molecule has 21 heavy (non-hydrogen) atoms. The second-order valence-corrected chi connectivity index (χ2v) is 5.29. The van der Waals surface area contributed by atoms with Crippen LogP contribution in [0.4, 0.5) is 5.69 Å². The summed E-state index contributed by atoms with van der Waals surface area (Å²) in [4.78, 5) is 14.6. The van der Waals surface area contributed by atoms with Gasteiger partial charge in [0.25, 0.3) is 5.91 Å². The third-order valence-corrected chi connectivity index (χ3v) is 4.14. The van der Waals surface area contributed by atoms with Crippen LogP contribution in [-0.2, 0) is 19.4 Å². The molecule has 5 nitrogen and oxygen atoms in total. The second kappa shape index (κ2) is 5.50. The minimum Gasteiger partial charge on any atom is -0.312 e. The number of rotatable bonds is 1. The fourth-order valence-corrected chi connectivity index (χ4v) is 3.08. The van der Waals surface area contributed by atoms with E-state index in [9.17, 15) is 4.79 Å². The molecule has 110 valence electrons. The van der Waals surface area contributed by atoms with Gasteiger partial charge in [-0.2, -0.15) is 5.10 Å². The highest BCUT2D eigenvalue weighted by molar-refractivity contribution is 6.07. The Morgan fingerprint density at radius 3 is 3.00 bits per heavy atom. The number of nitrogens with one attached hydrogen (secondary N) is 2. The van der Waals surface area contributed by atoms with Crippen molar-refractivity contribution in [2.45, 2.75) is 19.4 Å². The third kappa shape index (κ3) is 2.22. The van der Waals surface area contributed by atoms with Crippen molar-refractivity contribution < 1.29 is 4.79 Å². The lowest BCUT2D eigenvalue weighted by molar-refractivity contribution is 0.0983. The first-order chi connectivity index (χ1) is 9.84. The molecule has 0 radical (unpaired) electrons. The molecule has 0 unspecified atom stereocenters. The molecule has 0 saturated carbocycles. The Hall–Kier alpha value is -1.85. The number of aromatic nitrogens is 2. The van der Waals surface area contributed by atoms with Crippen LogP contribution in [0.3, 0.4) is 0 Å². The van der Waals surface area contributed by atoms with Crippen molar-refractivity contribution in [1.29, 1.82) is 0 Å². The molecule has 2 aliphatic heterocycles. The molecule has 6 heteroatoms. The zero-order valence-electron chi connectivity index (χ0n) is 11.6. The van der Waals surface area contributed by atoms with Gasteiger partial charge in [-0.25, -0.2) is 0 Å². The Kier molecular flexibility index (Phi) is 3.69. The van der Waals surface area contributed by atoms with Gasteiger partial charge in [-0.3, -0.25) is 9.89 Å². The number of carbonyl (C=O) groups excluding carboxylic acids is 1. The molecule has 1 aromatic carbocycles. The zero-order valence-corrected chi connectivity index (χ0v) is 12.4. The first kappa shape index (κ1) is 14.1. The maximum absolute atomic E-state index is 12.8. The number of benzene rings is 1. The number of para-hydroxylation sites is 1. The summed E-state index contributed by atoms with van der Waals surface area (Å²) in [5, 5.41) is 10.6. The van der Waals surface area contributed by atoms with E-state index in [2.05, 4.69) is 21.6 Å². The molecule has 1 amide bonds. The topological polar surface area (TPSA) is 61.0 Å². The average molecular weight is 305 g/mol. The molecular weight excluding hydrogens is 288 g/mol. The number of anilines is 1. The van der Waals surface area contributed by atoms with Gasteiger partial charge in [0, 0.05) is 43.0 Å². The van der Waals surface area contributed by atoms with Crippen LogP contribution in [0, 0.1) is 0 Å². The van der Waals surface area contributed by atoms with Gasteiger partial charge in [0.2, 0.25) is 0 Å². The lowest BCUT2D eigenvalue weighted by Gasteiger charge is -2.18. The van der Waals surface area contributed by atoms with Crippen molar-refractivity contribution >= 4 is 24.0 Å². The van der Waals surface area contributed by atoms with E-state index in [1.54, 1.807) is 0 Å². The maximum Gasteiger partial charge on any atom is 0.279 e. The number of halogens is 1. The summed E-state index contributed by atoms with van der Waals surface area (Å²) in [6.07, 6.45) is 1.83. The number of carbonyl (C=O) groups is 1. The van der Waals surface area contributed by atoms with Crippen molar-refractivity contribution in [2.75, 3.05) is 18.0 Å². The summed E-state index contributed by atoms with van der Waals surface area (Å²) in [7, 11) is 0. The van der Waals surface area contributed by atoms with E-state index in [1.165, 1.54) is 5.56 Å². The first-order valence-corrected chi connectivity index (χ1v) is 7.01. The lowest BCUT2D eigenvalue weighted by atomic mass is 10.1. The van der Waals surface area contributed by atoms with Gasteiger partial charge in [0.15, 0.2) is 5.69 Å². The summed E-state index contributed by atoms with van der Waals surface area (Å²) in [5.41, 5.74) is 4.97. The fraction of sp³-hybridized carbons (Fsp3) is 0.333. The quantitative estimate of drug-likeness (QED) is 0.843. The summed E-state index contributed by atoms with van der Waals surface area (Å²) in [6, 6.07) is 8.10. The number of amides is 1. The molecular formula is C15H17ClN4O. The van der Waals surface area contributed by atoms with Crippen LogP contribution in [0.5, 0.6) is 0 Å². The van der Waals surface area contributed by atoms with Gasteiger partial charge in [-0.05, 0) is 18.1 Å². The Morgan fingerprint density at radius 1 is 1.24 bits per heavy atom. The summed E-state index contributed by atoms with van der Waals surface area (Å²) >= 11 is 0. The van der Waals surface area contributed by atoms with Crippen LogP contribution in [0.1, 0.15) is 27.3 Å². The minimum absolute atomic E-state index is 0. The lowest BCUT2D eigenvalue weighted by Crippen LogP contribution is -2.31. The molecule has 0 spiro atoms. The largest absolute Gasteiger partial charge is 0.312 e. The monoisotopic (exact) mass is 304 g/mol. The molecule has 2 aliphatic rings. The van der Waals surface area contributed by atoms with Gasteiger partial charge >= 0.3 is 0 Å². The summed E-state index contributed by atoms with van der Waals surface area (Å²) in [5.74, 6) is 0.0103. The molecule has 0 fully saturated rings. The number of nitrogens with zero attached hydrogens (tertiary/aromatic N) is 2. The Labute approximate surface area is 129 Å². The smallest absolute Gasteiger partial charge is 0.279 e. The van der Waals surface area contributed by atoms with Crippen LogP contribution < -0.4 is 10.2 Å². The van der Waals surface area contributed by atoms with Gasteiger partial charge in [0.05, 0.1) is 0 Å². The predicted molar refractivity (Wildman–Crippen MR) is 83.1 cm³/mol. The molecule has 0 aliphatic carbocycles. The number of aromatic amines is 1. The van der Waals surface area contributed by atoms with E-state index in [0.717, 1.165) is 49.4 Å². The number of fused-ring (bicyclic) bond motifs is 2. The summed E-state index contributed by atoms with van der Waals surface area (Å²) < 4.78 is 0. The number of H-pyrrole nitrogens is 1. The minimum atomic E-state index is 0. The maximum atomic E-state index is 12.8. The summed E-state index contributed by atoms with van der Waals surface area (Å²) in [6.45, 7) is 2.41. The highest BCUT2D eigenvalue weighted by Crippen LogP contribution is 2.29. The SMILES string of the molecule is Cl.O=C(c1n[nH]c2c1CNCC2)N1CCc2ccccc21. The van der Waals surface area contributed by atoms with Crippen molar-refractivity contribution in [1.82, 2.24) is 15.5 Å². The van der Waals surface area contributed by atoms with Gasteiger partial charge in [-0.1, -0.05) is 18.2 Å². The van der Waals surface area contributed by atoms with Crippen molar-refractivity contribution in [2.24, 2.45) is 0 Å². The third-order valence-electron chi connectivity index (χ3n) is 4.14. The molecule has 0 bridgehead atoms. The molecule has 1 aromatic heterocycles. The van der Waals surface area contributed by atoms with E-state index in [-0.39, 0.29) is 18.3 Å². The van der Waals surface area contributed by atoms with E-state index in [0.29, 0.717) is 5.69 Å². The van der Waals surface area contributed by atoms with Crippen LogP contribution in [0.2, 0.25) is 0 Å². The Bertz CT molecular complexity index is 682. The van der Waals surface area contributed by atoms with Crippen LogP contribution >= 0.6 is 12.4 Å². The van der Waals surface area contributed by atoms with Crippen LogP contribution in [0.25, 0.3) is 0 Å². The second-order valence-electron chi connectivity index (χ2n) is 5.29. The molecule has 0 atom stereocenters. The Balaban J connectivity index is 0.00000132. The van der Waals surface area contributed by atoms with E-state index in [4.69, 9.17) is 0 Å². The number of hydrogen-bond acceptors (Lipinski definition) is 3. The Morgan fingerprint density at radius 2 is 2.10 bits per heavy atom. The van der Waals surface area contributed by atoms with Crippen molar-refractivity contribution in [3.05, 3.63) is 46.8 Å². The standard InChI is InChI=1S/C15H16N4O.ClH/c20-15(14-11-9-16-7-5-12(11)17-18-14)19-8-6-10-3-1-2-4-13(10)19;/h1-4,16H,5-9H2,(H,17,18);1H. The van der Waals surface area contributed by atoms with E-state index < -0.39 is 0 Å². The van der Waals surface area contributed by atoms with Gasteiger partial charge in [-0.15, -0.1) is 12.4 Å². The van der Waals surface area contributed by atoms with Crippen LogP contribution in [0.15, 0.2) is 24.3 Å². The van der Waals surface area contributed by atoms with Crippen molar-refractivity contribution in [3.63, 3.8) is 0 Å². The molecule has 4 rings (SSSR count). The van der Waals surface area contributed by atoms with Crippen LogP contribution in [-0.4, -0.2) is 29.2 Å². The highest BCUT2D eigenvalue weighted by atomic mass is 35.5. The molecule has 2 N–H and O–H groups in total. The normalized spacial score (nSPS) is 16.1. The highest BCUT2D eigenvalue weighted by Gasteiger charge is 2.30. The average Bonchev–Trinajstić information content (AvgIpc) is 3.11. The van der Waals surface area contributed by atoms with Gasteiger partial charge < -0.3 is 10.2 Å². The predicted octanol–water partition coefficient (Wildman–Crippen LogP) is 1.68. The van der Waals surface area contributed by atoms with E-state index >= 15 is 0 Å². The van der Waals surface area contributed by atoms with Crippen molar-refractivity contribution in [3.8, 4) is 0 Å². The first-order valence-electron chi connectivity index (χ1n) is 7.01. The fourth-order valence-electron chi connectivity index (χ4n) is 3.08.